The minimum atomic E-state index is -0.738. The van der Waals surface area contributed by atoms with E-state index < -0.39 is 5.54 Å². The standard InChI is InChI=1S/C21H22N2O6/c1-13-18(19(25)23-21(10-24)11-27-12-21)16-8-15(5-6-17(16)29-13)28-9-14-4-3-7-22-20(14)26-2/h3-8,24H,9-12H2,1-2H3,(H,23,25). The van der Waals surface area contributed by atoms with E-state index in [1.54, 1.807) is 38.4 Å². The van der Waals surface area contributed by atoms with E-state index in [-0.39, 0.29) is 32.3 Å². The van der Waals surface area contributed by atoms with Crippen LogP contribution in [0.25, 0.3) is 11.0 Å². The molecular formula is C21H22N2O6. The Balaban J connectivity index is 1.58. The molecule has 2 N–H and O–H groups in total. The summed E-state index contributed by atoms with van der Waals surface area (Å²) in [6, 6.07) is 9.01. The fourth-order valence-corrected chi connectivity index (χ4v) is 3.30. The summed E-state index contributed by atoms with van der Waals surface area (Å²) in [6.07, 6.45) is 1.65. The number of aryl methyl sites for hydroxylation is 1. The molecule has 1 aliphatic rings. The summed E-state index contributed by atoms with van der Waals surface area (Å²) >= 11 is 0. The zero-order valence-electron chi connectivity index (χ0n) is 16.2. The highest BCUT2D eigenvalue weighted by atomic mass is 16.5. The fourth-order valence-electron chi connectivity index (χ4n) is 3.30. The number of aliphatic hydroxyl groups is 1. The SMILES string of the molecule is COc1ncccc1COc1ccc2oc(C)c(C(=O)NC3(CO)COC3)c2c1. The van der Waals surface area contributed by atoms with Crippen LogP contribution in [0.15, 0.2) is 40.9 Å². The van der Waals surface area contributed by atoms with Crippen molar-refractivity contribution >= 4 is 16.9 Å². The Kier molecular flexibility index (Phi) is 5.12. The van der Waals surface area contributed by atoms with Gasteiger partial charge in [-0.25, -0.2) is 4.98 Å². The van der Waals surface area contributed by atoms with Gasteiger partial charge in [-0.2, -0.15) is 0 Å². The second kappa shape index (κ2) is 7.73. The van der Waals surface area contributed by atoms with Crippen LogP contribution in [0.3, 0.4) is 0 Å². The van der Waals surface area contributed by atoms with Crippen molar-refractivity contribution in [3.05, 3.63) is 53.4 Å². The van der Waals surface area contributed by atoms with Crippen molar-refractivity contribution in [2.45, 2.75) is 19.1 Å². The number of methoxy groups -OCH3 is 1. The minimum absolute atomic E-state index is 0.186. The van der Waals surface area contributed by atoms with E-state index in [4.69, 9.17) is 18.6 Å². The molecule has 0 atom stereocenters. The number of nitrogens with one attached hydrogen (secondary N) is 1. The average molecular weight is 398 g/mol. The van der Waals surface area contributed by atoms with Gasteiger partial charge in [-0.15, -0.1) is 0 Å². The van der Waals surface area contributed by atoms with Crippen molar-refractivity contribution in [3.63, 3.8) is 0 Å². The molecule has 0 saturated carbocycles. The first-order valence-corrected chi connectivity index (χ1v) is 9.20. The molecule has 2 aromatic heterocycles. The van der Waals surface area contributed by atoms with Crippen molar-refractivity contribution in [3.8, 4) is 11.6 Å². The van der Waals surface area contributed by atoms with Crippen LogP contribution in [-0.4, -0.2) is 48.5 Å². The van der Waals surface area contributed by atoms with Crippen molar-refractivity contribution in [1.29, 1.82) is 0 Å². The van der Waals surface area contributed by atoms with Crippen LogP contribution < -0.4 is 14.8 Å². The Morgan fingerprint density at radius 3 is 2.86 bits per heavy atom. The highest BCUT2D eigenvalue weighted by Gasteiger charge is 2.40. The van der Waals surface area contributed by atoms with Gasteiger partial charge in [0.25, 0.3) is 5.91 Å². The predicted molar refractivity (Wildman–Crippen MR) is 104 cm³/mol. The first kappa shape index (κ1) is 19.2. The average Bonchev–Trinajstić information content (AvgIpc) is 3.04. The molecule has 1 amide bonds. The maximum atomic E-state index is 12.9. The van der Waals surface area contributed by atoms with E-state index in [2.05, 4.69) is 10.3 Å². The summed E-state index contributed by atoms with van der Waals surface area (Å²) in [7, 11) is 1.56. The fraction of sp³-hybridized carbons (Fsp3) is 0.333. The number of ether oxygens (including phenoxy) is 3. The van der Waals surface area contributed by atoms with E-state index in [1.807, 2.05) is 12.1 Å². The maximum absolute atomic E-state index is 12.9. The van der Waals surface area contributed by atoms with Crippen LogP contribution in [0.2, 0.25) is 0 Å². The molecule has 8 nitrogen and oxygen atoms in total. The lowest BCUT2D eigenvalue weighted by Gasteiger charge is -2.40. The molecule has 0 unspecified atom stereocenters. The summed E-state index contributed by atoms with van der Waals surface area (Å²) in [5.41, 5.74) is 1.08. The first-order chi connectivity index (χ1) is 14.0. The minimum Gasteiger partial charge on any atom is -0.489 e. The number of furan rings is 1. The number of hydrogen-bond donors (Lipinski definition) is 2. The van der Waals surface area contributed by atoms with Gasteiger partial charge in [-0.05, 0) is 37.3 Å². The molecule has 1 fully saturated rings. The van der Waals surface area contributed by atoms with E-state index in [0.717, 1.165) is 5.56 Å². The molecule has 0 spiro atoms. The van der Waals surface area contributed by atoms with Crippen LogP contribution in [0, 0.1) is 6.92 Å². The van der Waals surface area contributed by atoms with Crippen LogP contribution in [0.4, 0.5) is 0 Å². The number of amides is 1. The van der Waals surface area contributed by atoms with Crippen LogP contribution in [0.5, 0.6) is 11.6 Å². The molecule has 3 aromatic rings. The van der Waals surface area contributed by atoms with E-state index in [0.29, 0.717) is 33.9 Å². The number of fused-ring (bicyclic) bond motifs is 1. The van der Waals surface area contributed by atoms with Crippen LogP contribution in [-0.2, 0) is 11.3 Å². The number of pyridine rings is 1. The van der Waals surface area contributed by atoms with E-state index >= 15 is 0 Å². The summed E-state index contributed by atoms with van der Waals surface area (Å²) < 4.78 is 22.0. The topological polar surface area (TPSA) is 103 Å². The second-order valence-electron chi connectivity index (χ2n) is 7.04. The van der Waals surface area contributed by atoms with Crippen LogP contribution in [0.1, 0.15) is 21.7 Å². The molecule has 1 aliphatic heterocycles. The second-order valence-corrected chi connectivity index (χ2v) is 7.04. The van der Waals surface area contributed by atoms with Gasteiger partial charge >= 0.3 is 0 Å². The molecule has 0 aliphatic carbocycles. The Hall–Kier alpha value is -3.10. The van der Waals surface area contributed by atoms with Gasteiger partial charge in [0, 0.05) is 11.6 Å². The molecule has 3 heterocycles. The number of aliphatic hydroxyl groups excluding tert-OH is 1. The number of carbonyl (C=O) groups excluding carboxylic acids is 1. The summed E-state index contributed by atoms with van der Waals surface area (Å²) in [5.74, 6) is 1.27. The third-order valence-electron chi connectivity index (χ3n) is 4.94. The molecular weight excluding hydrogens is 376 g/mol. The molecule has 29 heavy (non-hydrogen) atoms. The highest BCUT2D eigenvalue weighted by molar-refractivity contribution is 6.07. The van der Waals surface area contributed by atoms with Gasteiger partial charge in [-0.1, -0.05) is 0 Å². The zero-order chi connectivity index (χ0) is 20.4. The number of aromatic nitrogens is 1. The number of carbonyl (C=O) groups is 1. The summed E-state index contributed by atoms with van der Waals surface area (Å²) in [4.78, 5) is 17.0. The van der Waals surface area contributed by atoms with Gasteiger partial charge < -0.3 is 29.1 Å². The van der Waals surface area contributed by atoms with E-state index in [1.165, 1.54) is 0 Å². The van der Waals surface area contributed by atoms with Crippen molar-refractivity contribution < 1.29 is 28.5 Å². The molecule has 1 saturated heterocycles. The highest BCUT2D eigenvalue weighted by Crippen LogP contribution is 2.30. The molecule has 8 heteroatoms. The van der Waals surface area contributed by atoms with Crippen molar-refractivity contribution in [1.82, 2.24) is 10.3 Å². The predicted octanol–water partition coefficient (Wildman–Crippen LogP) is 2.21. The maximum Gasteiger partial charge on any atom is 0.256 e. The smallest absolute Gasteiger partial charge is 0.256 e. The Morgan fingerprint density at radius 2 is 2.17 bits per heavy atom. The van der Waals surface area contributed by atoms with Gasteiger partial charge in [0.15, 0.2) is 0 Å². The lowest BCUT2D eigenvalue weighted by molar-refractivity contribution is -0.0919. The van der Waals surface area contributed by atoms with Gasteiger partial charge in [0.05, 0.1) is 38.1 Å². The Bertz CT molecular complexity index is 1040. The Labute approximate surface area is 167 Å². The third kappa shape index (κ3) is 3.64. The van der Waals surface area contributed by atoms with Gasteiger partial charge in [0.1, 0.15) is 29.2 Å². The lowest BCUT2D eigenvalue weighted by Crippen LogP contribution is -2.64. The summed E-state index contributed by atoms with van der Waals surface area (Å²) in [5, 5.41) is 13.1. The molecule has 1 aromatic carbocycles. The third-order valence-corrected chi connectivity index (χ3v) is 4.94. The first-order valence-electron chi connectivity index (χ1n) is 9.20. The lowest BCUT2D eigenvalue weighted by atomic mass is 9.97. The summed E-state index contributed by atoms with van der Waals surface area (Å²) in [6.45, 7) is 2.39. The van der Waals surface area contributed by atoms with Crippen LogP contribution >= 0.6 is 0 Å². The quantitative estimate of drug-likeness (QED) is 0.629. The largest absolute Gasteiger partial charge is 0.489 e. The Morgan fingerprint density at radius 1 is 1.34 bits per heavy atom. The molecule has 4 rings (SSSR count). The number of benzene rings is 1. The van der Waals surface area contributed by atoms with Crippen molar-refractivity contribution in [2.24, 2.45) is 0 Å². The molecule has 0 bridgehead atoms. The monoisotopic (exact) mass is 398 g/mol. The molecule has 0 radical (unpaired) electrons. The van der Waals surface area contributed by atoms with Gasteiger partial charge in [-0.3, -0.25) is 4.79 Å². The zero-order valence-corrected chi connectivity index (χ0v) is 16.2. The van der Waals surface area contributed by atoms with E-state index in [9.17, 15) is 9.90 Å². The number of hydrogen-bond acceptors (Lipinski definition) is 7. The number of nitrogens with zero attached hydrogens (tertiary/aromatic N) is 1. The number of rotatable bonds is 7. The normalized spacial score (nSPS) is 15.0. The van der Waals surface area contributed by atoms with Crippen molar-refractivity contribution in [2.75, 3.05) is 26.9 Å². The molecule has 152 valence electrons. The van der Waals surface area contributed by atoms with Gasteiger partial charge in [0.2, 0.25) is 5.88 Å².